The molecule has 3 heteroatoms. The van der Waals surface area contributed by atoms with Crippen LogP contribution >= 0.6 is 22.9 Å². The summed E-state index contributed by atoms with van der Waals surface area (Å²) in [5.74, 6) is 0. The molecule has 0 aromatic heterocycles. The van der Waals surface area contributed by atoms with Crippen LogP contribution in [0.5, 0.6) is 0 Å². The molecule has 0 aromatic carbocycles. The molecule has 0 saturated heterocycles. The highest BCUT2D eigenvalue weighted by Crippen LogP contribution is 2.19. The van der Waals surface area contributed by atoms with E-state index in [1.165, 1.54) is 0 Å². The Morgan fingerprint density at radius 1 is 1.56 bits per heavy atom. The quantitative estimate of drug-likeness (QED) is 0.566. The van der Waals surface area contributed by atoms with Crippen molar-refractivity contribution >= 4 is 22.9 Å². The van der Waals surface area contributed by atoms with E-state index in [4.69, 9.17) is 5.11 Å². The van der Waals surface area contributed by atoms with Crippen LogP contribution in [-0.4, -0.2) is 17.8 Å². The first-order chi connectivity index (χ1) is 4.02. The van der Waals surface area contributed by atoms with E-state index in [9.17, 15) is 0 Å². The molecule has 0 rings (SSSR count). The topological polar surface area (TPSA) is 32.3 Å². The van der Waals surface area contributed by atoms with Gasteiger partial charge in [-0.1, -0.05) is 20.8 Å². The first-order valence-corrected chi connectivity index (χ1v) is 4.07. The van der Waals surface area contributed by atoms with E-state index in [2.05, 4.69) is 47.2 Å². The molecule has 0 spiro atoms. The Labute approximate surface area is 70.5 Å². The molecule has 0 saturated carbocycles. The molecule has 1 atom stereocenters. The largest absolute Gasteiger partial charge is 0.395 e. The van der Waals surface area contributed by atoms with Crippen LogP contribution in [0, 0.1) is 5.41 Å². The summed E-state index contributed by atoms with van der Waals surface area (Å²) in [5.41, 5.74) is 0.149. The number of aliphatic hydroxyl groups is 1. The lowest BCUT2D eigenvalue weighted by molar-refractivity contribution is 0.183. The maximum absolute atomic E-state index is 8.79. The summed E-state index contributed by atoms with van der Waals surface area (Å²) in [6.45, 7) is 6.49. The van der Waals surface area contributed by atoms with Gasteiger partial charge in [-0.25, -0.2) is 0 Å². The molecule has 0 bridgehead atoms. The molecule has 0 heterocycles. The van der Waals surface area contributed by atoms with Crippen molar-refractivity contribution in [2.75, 3.05) is 6.61 Å². The van der Waals surface area contributed by atoms with Gasteiger partial charge in [0, 0.05) is 28.9 Å². The lowest BCUT2D eigenvalue weighted by atomic mass is 9.88. The zero-order chi connectivity index (χ0) is 7.49. The number of nitrogens with one attached hydrogen (secondary N) is 1. The van der Waals surface area contributed by atoms with Gasteiger partial charge in [0.2, 0.25) is 0 Å². The van der Waals surface area contributed by atoms with Crippen LogP contribution in [0.1, 0.15) is 20.8 Å². The molecule has 2 N–H and O–H groups in total. The van der Waals surface area contributed by atoms with E-state index in [0.29, 0.717) is 0 Å². The molecule has 2 nitrogen and oxygen atoms in total. The van der Waals surface area contributed by atoms with E-state index in [0.717, 1.165) is 0 Å². The van der Waals surface area contributed by atoms with Crippen LogP contribution in [0.15, 0.2) is 0 Å². The van der Waals surface area contributed by atoms with Gasteiger partial charge in [0.15, 0.2) is 0 Å². The Morgan fingerprint density at radius 2 is 2.00 bits per heavy atom. The average Bonchev–Trinajstić information content (AvgIpc) is 1.65. The standard InChI is InChI=1S/C6H14INO/c1-6(2,3)5(4-9)8-7/h5,8-9H,4H2,1-3H3. The molecule has 0 aliphatic carbocycles. The normalized spacial score (nSPS) is 15.7. The Morgan fingerprint density at radius 3 is 2.00 bits per heavy atom. The maximum Gasteiger partial charge on any atom is 0.0597 e. The third-order valence-electron chi connectivity index (χ3n) is 1.36. The molecule has 0 radical (unpaired) electrons. The summed E-state index contributed by atoms with van der Waals surface area (Å²) >= 11 is 2.06. The molecule has 0 aliphatic heterocycles. The summed E-state index contributed by atoms with van der Waals surface area (Å²) in [7, 11) is 0. The Bertz CT molecular complexity index is 75.6. The van der Waals surface area contributed by atoms with Gasteiger partial charge in [-0.15, -0.1) is 0 Å². The third kappa shape index (κ3) is 3.37. The minimum Gasteiger partial charge on any atom is -0.395 e. The fourth-order valence-corrected chi connectivity index (χ4v) is 1.60. The van der Waals surface area contributed by atoms with Crippen molar-refractivity contribution in [3.63, 3.8) is 0 Å². The minimum absolute atomic E-state index is 0.149. The summed E-state index contributed by atoms with van der Waals surface area (Å²) in [6.07, 6.45) is 0. The van der Waals surface area contributed by atoms with Gasteiger partial charge in [-0.3, -0.25) is 3.53 Å². The van der Waals surface area contributed by atoms with Gasteiger partial charge < -0.3 is 5.11 Å². The van der Waals surface area contributed by atoms with Crippen LogP contribution in [0.3, 0.4) is 0 Å². The van der Waals surface area contributed by atoms with Gasteiger partial charge in [0.1, 0.15) is 0 Å². The number of hydrogen-bond donors (Lipinski definition) is 2. The molecule has 56 valence electrons. The van der Waals surface area contributed by atoms with Crippen LogP contribution in [0.2, 0.25) is 0 Å². The fourth-order valence-electron chi connectivity index (χ4n) is 0.472. The summed E-state index contributed by atoms with van der Waals surface area (Å²) in [4.78, 5) is 0. The van der Waals surface area contributed by atoms with Gasteiger partial charge in [0.05, 0.1) is 6.61 Å². The molecule has 0 amide bonds. The molecular formula is C6H14INO. The SMILES string of the molecule is CC(C)(C)C(CO)NI. The van der Waals surface area contributed by atoms with Gasteiger partial charge in [-0.05, 0) is 5.41 Å². The Kier molecular flexibility index (Phi) is 4.00. The van der Waals surface area contributed by atoms with Crippen molar-refractivity contribution in [3.05, 3.63) is 0 Å². The second-order valence-electron chi connectivity index (χ2n) is 3.21. The average molecular weight is 243 g/mol. The van der Waals surface area contributed by atoms with Crippen molar-refractivity contribution < 1.29 is 5.11 Å². The summed E-state index contributed by atoms with van der Waals surface area (Å²) in [5, 5.41) is 8.79. The maximum atomic E-state index is 8.79. The van der Waals surface area contributed by atoms with Gasteiger partial charge in [0.25, 0.3) is 0 Å². The minimum atomic E-state index is 0.149. The number of halogens is 1. The second-order valence-corrected chi connectivity index (χ2v) is 3.83. The highest BCUT2D eigenvalue weighted by atomic mass is 127. The van der Waals surface area contributed by atoms with Crippen molar-refractivity contribution in [2.45, 2.75) is 26.8 Å². The first-order valence-electron chi connectivity index (χ1n) is 2.99. The lowest BCUT2D eigenvalue weighted by Gasteiger charge is -2.27. The summed E-state index contributed by atoms with van der Waals surface area (Å²) < 4.78 is 3.01. The molecule has 1 unspecified atom stereocenters. The fraction of sp³-hybridized carbons (Fsp3) is 1.00. The monoisotopic (exact) mass is 243 g/mol. The lowest BCUT2D eigenvalue weighted by Crippen LogP contribution is -2.37. The van der Waals surface area contributed by atoms with Crippen LogP contribution in [0.25, 0.3) is 0 Å². The van der Waals surface area contributed by atoms with Crippen molar-refractivity contribution in [2.24, 2.45) is 5.41 Å². The van der Waals surface area contributed by atoms with Gasteiger partial charge in [-0.2, -0.15) is 0 Å². The molecule has 0 aliphatic rings. The third-order valence-corrected chi connectivity index (χ3v) is 2.11. The van der Waals surface area contributed by atoms with Crippen LogP contribution in [0.4, 0.5) is 0 Å². The number of rotatable bonds is 2. The first kappa shape index (κ1) is 9.65. The van der Waals surface area contributed by atoms with Crippen LogP contribution < -0.4 is 3.53 Å². The number of aliphatic hydroxyl groups excluding tert-OH is 1. The van der Waals surface area contributed by atoms with E-state index in [-0.39, 0.29) is 18.1 Å². The zero-order valence-corrected chi connectivity index (χ0v) is 8.27. The number of hydrogen-bond acceptors (Lipinski definition) is 2. The van der Waals surface area contributed by atoms with E-state index in [1.54, 1.807) is 0 Å². The Balaban J connectivity index is 3.79. The predicted octanol–water partition coefficient (Wildman–Crippen LogP) is 1.33. The molecule has 0 aromatic rings. The zero-order valence-electron chi connectivity index (χ0n) is 6.11. The van der Waals surface area contributed by atoms with Gasteiger partial charge >= 0.3 is 0 Å². The van der Waals surface area contributed by atoms with Crippen molar-refractivity contribution in [3.8, 4) is 0 Å². The van der Waals surface area contributed by atoms with Crippen LogP contribution in [-0.2, 0) is 0 Å². The second kappa shape index (κ2) is 3.73. The van der Waals surface area contributed by atoms with Crippen molar-refractivity contribution in [1.82, 2.24) is 3.53 Å². The molecule has 9 heavy (non-hydrogen) atoms. The molecular weight excluding hydrogens is 229 g/mol. The van der Waals surface area contributed by atoms with Crippen molar-refractivity contribution in [1.29, 1.82) is 0 Å². The predicted molar refractivity (Wildman–Crippen MR) is 47.5 cm³/mol. The molecule has 0 fully saturated rings. The van der Waals surface area contributed by atoms with E-state index in [1.807, 2.05) is 0 Å². The highest BCUT2D eigenvalue weighted by Gasteiger charge is 2.21. The Hall–Kier alpha value is 0.650. The summed E-state index contributed by atoms with van der Waals surface area (Å²) in [6, 6.07) is 0.193. The highest BCUT2D eigenvalue weighted by molar-refractivity contribution is 14.1. The van der Waals surface area contributed by atoms with E-state index >= 15 is 0 Å². The van der Waals surface area contributed by atoms with E-state index < -0.39 is 0 Å². The smallest absolute Gasteiger partial charge is 0.0597 e.